The van der Waals surface area contributed by atoms with E-state index in [9.17, 15) is 4.79 Å². The van der Waals surface area contributed by atoms with Crippen molar-refractivity contribution >= 4 is 27.7 Å². The highest BCUT2D eigenvalue weighted by Gasteiger charge is 2.31. The number of carbonyl (C=O) groups excluding carboxylic acids is 1. The van der Waals surface area contributed by atoms with Crippen molar-refractivity contribution in [2.24, 2.45) is 0 Å². The lowest BCUT2D eigenvalue weighted by atomic mass is 10.3. The Morgan fingerprint density at radius 3 is 2.67 bits per heavy atom. The summed E-state index contributed by atoms with van der Waals surface area (Å²) in [6.07, 6.45) is -0.822. The van der Waals surface area contributed by atoms with E-state index in [1.807, 2.05) is 24.3 Å². The summed E-state index contributed by atoms with van der Waals surface area (Å²) >= 11 is 3.32. The molecule has 1 amide bonds. The number of ether oxygens (including phenoxy) is 1. The van der Waals surface area contributed by atoms with Crippen LogP contribution in [0.2, 0.25) is 0 Å². The van der Waals surface area contributed by atoms with Crippen LogP contribution in [0.5, 0.6) is 0 Å². The fourth-order valence-corrected chi connectivity index (χ4v) is 1.71. The highest BCUT2D eigenvalue weighted by atomic mass is 79.9. The Bertz CT molecular complexity index is 365. The molecule has 0 saturated carbocycles. The molecule has 2 rings (SSSR count). The number of aliphatic hydroxyl groups excluding tert-OH is 1. The number of nitrogens with zero attached hydrogens (tertiary/aromatic N) is 1. The molecule has 0 bridgehead atoms. The van der Waals surface area contributed by atoms with Gasteiger partial charge in [-0.1, -0.05) is 15.9 Å². The second-order valence-electron chi connectivity index (χ2n) is 3.28. The van der Waals surface area contributed by atoms with Gasteiger partial charge in [-0.05, 0) is 24.3 Å². The maximum Gasteiger partial charge on any atom is 0.414 e. The van der Waals surface area contributed by atoms with Crippen molar-refractivity contribution in [3.63, 3.8) is 0 Å². The smallest absolute Gasteiger partial charge is 0.414 e. The third-order valence-electron chi connectivity index (χ3n) is 2.22. The molecule has 1 aliphatic rings. The van der Waals surface area contributed by atoms with Crippen LogP contribution < -0.4 is 4.90 Å². The topological polar surface area (TPSA) is 49.8 Å². The average Bonchev–Trinajstić information content (AvgIpc) is 2.61. The number of anilines is 1. The molecule has 0 aliphatic carbocycles. The molecule has 15 heavy (non-hydrogen) atoms. The molecule has 1 aromatic carbocycles. The Labute approximate surface area is 95.6 Å². The monoisotopic (exact) mass is 271 g/mol. The van der Waals surface area contributed by atoms with E-state index in [2.05, 4.69) is 15.9 Å². The molecule has 5 heteroatoms. The lowest BCUT2D eigenvalue weighted by Gasteiger charge is -2.12. The quantitative estimate of drug-likeness (QED) is 0.892. The molecule has 80 valence electrons. The van der Waals surface area contributed by atoms with Crippen LogP contribution in [0.3, 0.4) is 0 Å². The Kier molecular flexibility index (Phi) is 2.93. The minimum Gasteiger partial charge on any atom is -0.441 e. The maximum absolute atomic E-state index is 11.4. The zero-order chi connectivity index (χ0) is 10.8. The number of carbonyl (C=O) groups is 1. The van der Waals surface area contributed by atoms with Gasteiger partial charge >= 0.3 is 6.09 Å². The third kappa shape index (κ3) is 2.13. The molecule has 1 saturated heterocycles. The Morgan fingerprint density at radius 2 is 2.13 bits per heavy atom. The van der Waals surface area contributed by atoms with Crippen LogP contribution >= 0.6 is 15.9 Å². The van der Waals surface area contributed by atoms with Crippen molar-refractivity contribution in [3.8, 4) is 0 Å². The van der Waals surface area contributed by atoms with Gasteiger partial charge in [0.05, 0.1) is 13.2 Å². The Hall–Kier alpha value is -1.07. The van der Waals surface area contributed by atoms with E-state index in [0.717, 1.165) is 10.2 Å². The van der Waals surface area contributed by atoms with Crippen LogP contribution in [0, 0.1) is 0 Å². The molecule has 0 aromatic heterocycles. The van der Waals surface area contributed by atoms with Crippen molar-refractivity contribution < 1.29 is 14.6 Å². The standard InChI is InChI=1S/C10H10BrNO3/c11-7-1-3-8(4-2-7)12-5-9(6-13)15-10(12)14/h1-4,9,13H,5-6H2/t9-/m1/s1. The number of aliphatic hydroxyl groups is 1. The fourth-order valence-electron chi connectivity index (χ4n) is 1.45. The number of halogens is 1. The van der Waals surface area contributed by atoms with Crippen molar-refractivity contribution in [2.45, 2.75) is 6.10 Å². The van der Waals surface area contributed by atoms with E-state index in [4.69, 9.17) is 9.84 Å². The summed E-state index contributed by atoms with van der Waals surface area (Å²) in [6.45, 7) is 0.260. The molecule has 1 aromatic rings. The van der Waals surface area contributed by atoms with Crippen LogP contribution in [-0.4, -0.2) is 30.5 Å². The van der Waals surface area contributed by atoms with Crippen molar-refractivity contribution in [1.29, 1.82) is 0 Å². The Balaban J connectivity index is 2.18. The van der Waals surface area contributed by atoms with Gasteiger partial charge in [-0.25, -0.2) is 4.79 Å². The molecule has 0 spiro atoms. The number of hydrogen-bond donors (Lipinski definition) is 1. The molecule has 0 radical (unpaired) electrons. The molecular formula is C10H10BrNO3. The summed E-state index contributed by atoms with van der Waals surface area (Å²) in [5, 5.41) is 8.88. The van der Waals surface area contributed by atoms with Crippen molar-refractivity contribution in [1.82, 2.24) is 0 Å². The molecule has 1 N–H and O–H groups in total. The van der Waals surface area contributed by atoms with E-state index in [-0.39, 0.29) is 6.61 Å². The van der Waals surface area contributed by atoms with Gasteiger partial charge in [-0.2, -0.15) is 0 Å². The van der Waals surface area contributed by atoms with E-state index >= 15 is 0 Å². The normalized spacial score (nSPS) is 20.5. The zero-order valence-electron chi connectivity index (χ0n) is 7.89. The zero-order valence-corrected chi connectivity index (χ0v) is 9.48. The van der Waals surface area contributed by atoms with E-state index in [0.29, 0.717) is 6.54 Å². The highest BCUT2D eigenvalue weighted by Crippen LogP contribution is 2.23. The number of hydrogen-bond acceptors (Lipinski definition) is 3. The maximum atomic E-state index is 11.4. The van der Waals surface area contributed by atoms with Crippen molar-refractivity contribution in [2.75, 3.05) is 18.1 Å². The van der Waals surface area contributed by atoms with E-state index in [1.54, 1.807) is 0 Å². The molecule has 1 aliphatic heterocycles. The predicted octanol–water partition coefficient (Wildman–Crippen LogP) is 1.77. The second-order valence-corrected chi connectivity index (χ2v) is 4.19. The second kappa shape index (κ2) is 4.20. The van der Waals surface area contributed by atoms with Gasteiger partial charge in [0.25, 0.3) is 0 Å². The van der Waals surface area contributed by atoms with E-state index < -0.39 is 12.2 Å². The predicted molar refractivity (Wildman–Crippen MR) is 58.8 cm³/mol. The summed E-state index contributed by atoms with van der Waals surface area (Å²) in [4.78, 5) is 12.9. The van der Waals surface area contributed by atoms with Gasteiger partial charge in [0.15, 0.2) is 0 Å². The largest absolute Gasteiger partial charge is 0.441 e. The lowest BCUT2D eigenvalue weighted by Crippen LogP contribution is -2.25. The van der Waals surface area contributed by atoms with Gasteiger partial charge in [0, 0.05) is 10.2 Å². The fraction of sp³-hybridized carbons (Fsp3) is 0.300. The average molecular weight is 272 g/mol. The van der Waals surface area contributed by atoms with Gasteiger partial charge < -0.3 is 9.84 Å². The molecule has 1 heterocycles. The van der Waals surface area contributed by atoms with Crippen molar-refractivity contribution in [3.05, 3.63) is 28.7 Å². The van der Waals surface area contributed by atoms with Crippen LogP contribution in [0.4, 0.5) is 10.5 Å². The molecule has 0 unspecified atom stereocenters. The summed E-state index contributed by atoms with van der Waals surface area (Å²) in [6, 6.07) is 7.36. The molecule has 4 nitrogen and oxygen atoms in total. The molecule has 1 atom stereocenters. The van der Waals surface area contributed by atoms with Gasteiger partial charge in [0.2, 0.25) is 0 Å². The van der Waals surface area contributed by atoms with Crippen LogP contribution in [0.15, 0.2) is 28.7 Å². The first-order chi connectivity index (χ1) is 7.20. The van der Waals surface area contributed by atoms with Gasteiger partial charge in [-0.15, -0.1) is 0 Å². The molecular weight excluding hydrogens is 262 g/mol. The van der Waals surface area contributed by atoms with Crippen LogP contribution in [0.25, 0.3) is 0 Å². The SMILES string of the molecule is O=C1O[C@@H](CO)CN1c1ccc(Br)cc1. The first-order valence-electron chi connectivity index (χ1n) is 4.55. The van der Waals surface area contributed by atoms with Crippen LogP contribution in [0.1, 0.15) is 0 Å². The summed E-state index contributed by atoms with van der Waals surface area (Å²) in [5.74, 6) is 0. The first-order valence-corrected chi connectivity index (χ1v) is 5.34. The number of benzene rings is 1. The number of cyclic esters (lactones) is 1. The third-order valence-corrected chi connectivity index (χ3v) is 2.74. The summed E-state index contributed by atoms with van der Waals surface area (Å²) in [7, 11) is 0. The molecule has 1 fully saturated rings. The Morgan fingerprint density at radius 1 is 1.47 bits per heavy atom. The minimum atomic E-state index is -0.416. The van der Waals surface area contributed by atoms with Crippen LogP contribution in [-0.2, 0) is 4.74 Å². The lowest BCUT2D eigenvalue weighted by molar-refractivity contribution is 0.0963. The van der Waals surface area contributed by atoms with E-state index in [1.165, 1.54) is 4.90 Å². The minimum absolute atomic E-state index is 0.140. The number of rotatable bonds is 2. The number of amides is 1. The summed E-state index contributed by atoms with van der Waals surface area (Å²) < 4.78 is 5.89. The van der Waals surface area contributed by atoms with Gasteiger partial charge in [0.1, 0.15) is 6.10 Å². The first kappa shape index (κ1) is 10.4. The highest BCUT2D eigenvalue weighted by molar-refractivity contribution is 9.10. The summed E-state index contributed by atoms with van der Waals surface area (Å²) in [5.41, 5.74) is 0.777. The van der Waals surface area contributed by atoms with Gasteiger partial charge in [-0.3, -0.25) is 4.90 Å².